The molecule has 0 heterocycles. The highest BCUT2D eigenvalue weighted by Crippen LogP contribution is 2.34. The van der Waals surface area contributed by atoms with E-state index in [-0.39, 0.29) is 0 Å². The molecule has 0 radical (unpaired) electrons. The molecule has 0 aliphatic rings. The van der Waals surface area contributed by atoms with Crippen LogP contribution in [0.4, 0.5) is 0 Å². The lowest BCUT2D eigenvalue weighted by Crippen LogP contribution is -2.07. The van der Waals surface area contributed by atoms with Crippen LogP contribution < -0.4 is 0 Å². The van der Waals surface area contributed by atoms with Gasteiger partial charge < -0.3 is 5.11 Å². The lowest BCUT2D eigenvalue weighted by atomic mass is 10.2. The Labute approximate surface area is 75.6 Å². The summed E-state index contributed by atoms with van der Waals surface area (Å²) in [5.74, 6) is 0. The summed E-state index contributed by atoms with van der Waals surface area (Å²) in [5, 5.41) is 8.83. The summed E-state index contributed by atoms with van der Waals surface area (Å²) in [6.45, 7) is 3.25. The molecule has 1 unspecified atom stereocenters. The molecule has 0 rings (SSSR count). The highest BCUT2D eigenvalue weighted by molar-refractivity contribution is 6.69. The number of halogens is 3. The van der Waals surface area contributed by atoms with Crippen molar-refractivity contribution in [2.45, 2.75) is 23.7 Å². The first kappa shape index (κ1) is 10.6. The fraction of sp³-hybridized carbons (Fsp3) is 0.667. The molecule has 10 heavy (non-hydrogen) atoms. The second-order valence-electron chi connectivity index (χ2n) is 2.09. The highest BCUT2D eigenvalue weighted by Gasteiger charge is 2.21. The van der Waals surface area contributed by atoms with Gasteiger partial charge >= 0.3 is 0 Å². The molecule has 0 aromatic heterocycles. The standard InChI is InChI=1S/C6H9Cl3O/c1-4(3-5(2)10)6(7,8)9/h3,5,10H,1-2H3. The van der Waals surface area contributed by atoms with Gasteiger partial charge in [-0.05, 0) is 19.4 Å². The van der Waals surface area contributed by atoms with Crippen molar-refractivity contribution in [3.63, 3.8) is 0 Å². The normalized spacial score (nSPS) is 17.2. The van der Waals surface area contributed by atoms with Gasteiger partial charge in [-0.3, -0.25) is 0 Å². The summed E-state index contributed by atoms with van der Waals surface area (Å²) in [7, 11) is 0. The largest absolute Gasteiger partial charge is 0.389 e. The Morgan fingerprint density at radius 2 is 1.90 bits per heavy atom. The average molecular weight is 203 g/mol. The van der Waals surface area contributed by atoms with Crippen LogP contribution in [0.2, 0.25) is 0 Å². The molecule has 60 valence electrons. The van der Waals surface area contributed by atoms with Crippen LogP contribution in [0.5, 0.6) is 0 Å². The first-order valence-corrected chi connectivity index (χ1v) is 3.91. The molecule has 1 atom stereocenters. The minimum Gasteiger partial charge on any atom is -0.389 e. The fourth-order valence-electron chi connectivity index (χ4n) is 0.456. The number of alkyl halides is 3. The lowest BCUT2D eigenvalue weighted by molar-refractivity contribution is 0.243. The van der Waals surface area contributed by atoms with E-state index in [1.807, 2.05) is 0 Å². The maximum absolute atomic E-state index is 8.83. The van der Waals surface area contributed by atoms with E-state index in [0.29, 0.717) is 5.57 Å². The predicted molar refractivity (Wildman–Crippen MR) is 45.7 cm³/mol. The number of rotatable bonds is 1. The molecule has 1 nitrogen and oxygen atoms in total. The Kier molecular flexibility index (Phi) is 4.03. The van der Waals surface area contributed by atoms with E-state index in [4.69, 9.17) is 39.9 Å². The predicted octanol–water partition coefficient (Wildman–Crippen LogP) is 2.68. The first-order valence-electron chi connectivity index (χ1n) is 2.77. The van der Waals surface area contributed by atoms with Gasteiger partial charge in [0.2, 0.25) is 3.79 Å². The van der Waals surface area contributed by atoms with Crippen LogP contribution >= 0.6 is 34.8 Å². The Hall–Kier alpha value is 0.570. The SMILES string of the molecule is CC(=CC(C)O)C(Cl)(Cl)Cl. The summed E-state index contributed by atoms with van der Waals surface area (Å²) in [6.07, 6.45) is 0.920. The summed E-state index contributed by atoms with van der Waals surface area (Å²) in [6, 6.07) is 0. The van der Waals surface area contributed by atoms with Gasteiger partial charge in [-0.1, -0.05) is 40.9 Å². The van der Waals surface area contributed by atoms with Crippen LogP contribution in [0.1, 0.15) is 13.8 Å². The highest BCUT2D eigenvalue weighted by atomic mass is 35.6. The third-order valence-corrected chi connectivity index (χ3v) is 1.83. The zero-order valence-corrected chi connectivity index (χ0v) is 8.00. The van der Waals surface area contributed by atoms with Crippen molar-refractivity contribution in [2.75, 3.05) is 0 Å². The molecule has 0 fully saturated rings. The van der Waals surface area contributed by atoms with Crippen LogP contribution in [0.3, 0.4) is 0 Å². The van der Waals surface area contributed by atoms with E-state index in [2.05, 4.69) is 0 Å². The lowest BCUT2D eigenvalue weighted by Gasteiger charge is -2.11. The maximum Gasteiger partial charge on any atom is 0.211 e. The van der Waals surface area contributed by atoms with Crippen molar-refractivity contribution in [3.05, 3.63) is 11.6 Å². The van der Waals surface area contributed by atoms with Gasteiger partial charge in [-0.25, -0.2) is 0 Å². The van der Waals surface area contributed by atoms with E-state index in [0.717, 1.165) is 0 Å². The molecule has 0 aliphatic carbocycles. The second kappa shape index (κ2) is 3.82. The molecule has 0 bridgehead atoms. The second-order valence-corrected chi connectivity index (χ2v) is 4.37. The molecular weight excluding hydrogens is 194 g/mol. The smallest absolute Gasteiger partial charge is 0.211 e. The van der Waals surface area contributed by atoms with Gasteiger partial charge in [-0.15, -0.1) is 0 Å². The van der Waals surface area contributed by atoms with E-state index in [1.54, 1.807) is 13.8 Å². The molecule has 0 spiro atoms. The van der Waals surface area contributed by atoms with Crippen molar-refractivity contribution >= 4 is 34.8 Å². The molecule has 0 saturated carbocycles. The summed E-state index contributed by atoms with van der Waals surface area (Å²) in [5.41, 5.74) is 0.535. The number of allylic oxidation sites excluding steroid dienone is 1. The Morgan fingerprint density at radius 3 is 2.00 bits per heavy atom. The van der Waals surface area contributed by atoms with E-state index in [1.165, 1.54) is 6.08 Å². The summed E-state index contributed by atoms with van der Waals surface area (Å²) in [4.78, 5) is 0. The van der Waals surface area contributed by atoms with Crippen LogP contribution in [0.15, 0.2) is 11.6 Å². The minimum atomic E-state index is -1.39. The first-order chi connectivity index (χ1) is 4.34. The van der Waals surface area contributed by atoms with Crippen molar-refractivity contribution in [1.29, 1.82) is 0 Å². The van der Waals surface area contributed by atoms with Gasteiger partial charge in [0.1, 0.15) is 0 Å². The van der Waals surface area contributed by atoms with Crippen LogP contribution in [0.25, 0.3) is 0 Å². The average Bonchev–Trinajstić information content (AvgIpc) is 1.60. The molecule has 0 aromatic rings. The fourth-order valence-corrected chi connectivity index (χ4v) is 0.645. The van der Waals surface area contributed by atoms with Crippen molar-refractivity contribution < 1.29 is 5.11 Å². The summed E-state index contributed by atoms with van der Waals surface area (Å²) >= 11 is 16.4. The molecule has 0 aliphatic heterocycles. The number of hydrogen-bond acceptors (Lipinski definition) is 1. The van der Waals surface area contributed by atoms with Crippen LogP contribution in [0, 0.1) is 0 Å². The monoisotopic (exact) mass is 202 g/mol. The van der Waals surface area contributed by atoms with Gasteiger partial charge in [0, 0.05) is 0 Å². The topological polar surface area (TPSA) is 20.2 Å². The number of aliphatic hydroxyl groups is 1. The Morgan fingerprint density at radius 1 is 1.50 bits per heavy atom. The molecule has 0 amide bonds. The molecular formula is C6H9Cl3O. The van der Waals surface area contributed by atoms with Gasteiger partial charge in [0.05, 0.1) is 6.10 Å². The maximum atomic E-state index is 8.83. The molecule has 4 heteroatoms. The number of aliphatic hydroxyl groups excluding tert-OH is 1. The van der Waals surface area contributed by atoms with E-state index >= 15 is 0 Å². The van der Waals surface area contributed by atoms with E-state index < -0.39 is 9.90 Å². The molecule has 0 saturated heterocycles. The summed E-state index contributed by atoms with van der Waals surface area (Å²) < 4.78 is -1.39. The molecule has 1 N–H and O–H groups in total. The van der Waals surface area contributed by atoms with Gasteiger partial charge in [0.15, 0.2) is 0 Å². The zero-order valence-electron chi connectivity index (χ0n) is 5.74. The third kappa shape index (κ3) is 4.40. The van der Waals surface area contributed by atoms with Crippen molar-refractivity contribution in [3.8, 4) is 0 Å². The van der Waals surface area contributed by atoms with Gasteiger partial charge in [0.25, 0.3) is 0 Å². The number of hydrogen-bond donors (Lipinski definition) is 1. The Balaban J connectivity index is 4.20. The molecule has 0 aromatic carbocycles. The quantitative estimate of drug-likeness (QED) is 0.513. The third-order valence-electron chi connectivity index (χ3n) is 0.938. The zero-order chi connectivity index (χ0) is 8.36. The van der Waals surface area contributed by atoms with Crippen LogP contribution in [-0.2, 0) is 0 Å². The van der Waals surface area contributed by atoms with E-state index in [9.17, 15) is 0 Å². The minimum absolute atomic E-state index is 0.535. The Bertz CT molecular complexity index is 134. The van der Waals surface area contributed by atoms with Crippen molar-refractivity contribution in [2.24, 2.45) is 0 Å². The van der Waals surface area contributed by atoms with Gasteiger partial charge in [-0.2, -0.15) is 0 Å². The van der Waals surface area contributed by atoms with Crippen molar-refractivity contribution in [1.82, 2.24) is 0 Å². The van der Waals surface area contributed by atoms with Crippen LogP contribution in [-0.4, -0.2) is 15.0 Å².